The smallest absolute Gasteiger partial charge is 0.338 e. The molecule has 0 amide bonds. The predicted molar refractivity (Wildman–Crippen MR) is 338 cm³/mol. The number of fused-ring (bicyclic) bond motifs is 1. The van der Waals surface area contributed by atoms with Crippen LogP contribution in [0.15, 0.2) is 231 Å². The number of carbonyl (C=O) groups is 7. The van der Waals surface area contributed by atoms with Crippen LogP contribution in [0.2, 0.25) is 0 Å². The fourth-order valence-corrected chi connectivity index (χ4v) is 11.4. The van der Waals surface area contributed by atoms with E-state index >= 15 is 0 Å². The second-order valence-corrected chi connectivity index (χ2v) is 22.3. The topological polar surface area (TPSA) is 249 Å². The number of hydrogen-bond acceptors (Lipinski definition) is 20. The summed E-state index contributed by atoms with van der Waals surface area (Å²) in [5, 5.41) is 6.42. The van der Waals surface area contributed by atoms with Gasteiger partial charge in [0.25, 0.3) is 0 Å². The van der Waals surface area contributed by atoms with Gasteiger partial charge in [-0.3, -0.25) is 0 Å². The average Bonchev–Trinajstić information content (AvgIpc) is 0.919. The van der Waals surface area contributed by atoms with Crippen LogP contribution in [0.3, 0.4) is 0 Å². The van der Waals surface area contributed by atoms with Gasteiger partial charge in [0.1, 0.15) is 31.5 Å². The van der Waals surface area contributed by atoms with Gasteiger partial charge in [0.15, 0.2) is 53.3 Å². The summed E-state index contributed by atoms with van der Waals surface area (Å²) in [4.78, 5) is 106. The summed E-state index contributed by atoms with van der Waals surface area (Å²) in [5.41, 5.74) is 1.97. The van der Waals surface area contributed by atoms with E-state index in [1.54, 1.807) is 127 Å². The second kappa shape index (κ2) is 29.9. The normalized spacial score (nSPS) is 20.8. The Bertz CT molecular complexity index is 4040. The number of nitrogens with one attached hydrogen (secondary N) is 2. The predicted octanol–water partition coefficient (Wildman–Crippen LogP) is 10.6. The lowest BCUT2D eigenvalue weighted by atomic mass is 9.95. The number of aryl methyl sites for hydroxylation is 1. The maximum atomic E-state index is 14.9. The van der Waals surface area contributed by atoms with Crippen LogP contribution >= 0.6 is 23.6 Å². The van der Waals surface area contributed by atoms with Gasteiger partial charge in [-0.05, 0) is 116 Å². The minimum absolute atomic E-state index is 0.00548. The zero-order valence-corrected chi connectivity index (χ0v) is 50.5. The average molecular weight is 1280 g/mol. The van der Waals surface area contributed by atoms with E-state index in [0.29, 0.717) is 10.6 Å². The monoisotopic (exact) mass is 1280 g/mol. The Morgan fingerprint density at radius 2 is 0.761 bits per heavy atom. The molecule has 2 fully saturated rings. The van der Waals surface area contributed by atoms with Gasteiger partial charge in [-0.2, -0.15) is 0 Å². The van der Waals surface area contributed by atoms with E-state index in [9.17, 15) is 33.6 Å². The van der Waals surface area contributed by atoms with E-state index in [0.717, 1.165) is 10.3 Å². The summed E-state index contributed by atoms with van der Waals surface area (Å²) in [5.74, 6) is -6.62. The lowest BCUT2D eigenvalue weighted by Gasteiger charge is -2.49. The first-order chi connectivity index (χ1) is 44.8. The Labute approximate surface area is 536 Å². The summed E-state index contributed by atoms with van der Waals surface area (Å²) >= 11 is 7.24. The molecule has 0 radical (unpaired) electrons. The molecule has 92 heavy (non-hydrogen) atoms. The number of thiocarbonyl (C=S) groups is 1. The van der Waals surface area contributed by atoms with Gasteiger partial charge in [0.05, 0.1) is 49.2 Å². The Kier molecular flexibility index (Phi) is 20.5. The first-order valence-electron chi connectivity index (χ1n) is 29.0. The van der Waals surface area contributed by atoms with E-state index in [-0.39, 0.29) is 44.1 Å². The molecule has 20 nitrogen and oxygen atoms in total. The fourth-order valence-electron chi connectivity index (χ4n) is 10.1. The van der Waals surface area contributed by atoms with E-state index in [1.165, 1.54) is 96.3 Å². The molecule has 9 aromatic rings. The van der Waals surface area contributed by atoms with Crippen molar-refractivity contribution in [3.05, 3.63) is 275 Å². The van der Waals surface area contributed by atoms with Gasteiger partial charge in [-0.15, -0.1) is 0 Å². The third-order valence-electron chi connectivity index (χ3n) is 14.7. The number of ether oxygens (including phenoxy) is 10. The van der Waals surface area contributed by atoms with E-state index in [2.05, 4.69) is 10.6 Å². The van der Waals surface area contributed by atoms with Gasteiger partial charge in [0, 0.05) is 0 Å². The maximum absolute atomic E-state index is 14.9. The summed E-state index contributed by atoms with van der Waals surface area (Å²) in [7, 11) is 0. The SMILES string of the molecule is Cc1cccc2sc(NC(=S)N[C@@H]3O[C@H](COC(=O)c4ccccc4)[C@@H](O[C@H]4O[C@H](COC(=O)c5ccccc5)[C@@H](OC(=O)c5ccccc5)[C@H](OC(=O)c5ccccc5)[C@H]4OC(=O)c4ccccc4)[C@H](OC(=O)c4ccccc4)[C@H]3OC(=O)c3ccccc3)nc12. The Balaban J connectivity index is 1.06. The number of hydrogen-bond donors (Lipinski definition) is 2. The van der Waals surface area contributed by atoms with Crippen LogP contribution in [0, 0.1) is 6.92 Å². The van der Waals surface area contributed by atoms with Crippen LogP contribution < -0.4 is 10.6 Å². The molecule has 8 aromatic carbocycles. The Morgan fingerprint density at radius 1 is 0.413 bits per heavy atom. The van der Waals surface area contributed by atoms with Gasteiger partial charge in [-0.25, -0.2) is 38.5 Å². The molecule has 2 saturated heterocycles. The van der Waals surface area contributed by atoms with Gasteiger partial charge in [-0.1, -0.05) is 151 Å². The molecule has 0 aliphatic carbocycles. The summed E-state index contributed by atoms with van der Waals surface area (Å²) in [6.45, 7) is 0.428. The van der Waals surface area contributed by atoms with Crippen molar-refractivity contribution in [3.8, 4) is 0 Å². The molecule has 22 heteroatoms. The minimum atomic E-state index is -2.09. The highest BCUT2D eigenvalue weighted by Crippen LogP contribution is 2.37. The number of thiazole rings is 1. The van der Waals surface area contributed by atoms with Crippen molar-refractivity contribution in [1.82, 2.24) is 10.3 Å². The van der Waals surface area contributed by atoms with Gasteiger partial charge >= 0.3 is 41.8 Å². The van der Waals surface area contributed by atoms with E-state index < -0.39 is 116 Å². The number of anilines is 1. The maximum Gasteiger partial charge on any atom is 0.338 e. The molecule has 2 aliphatic heterocycles. The van der Waals surface area contributed by atoms with Crippen molar-refractivity contribution < 1.29 is 80.9 Å². The van der Waals surface area contributed by atoms with Crippen molar-refractivity contribution in [3.63, 3.8) is 0 Å². The molecule has 0 bridgehead atoms. The fraction of sp³-hybridized carbons (Fsp3) is 0.186. The van der Waals surface area contributed by atoms with E-state index in [1.807, 2.05) is 25.1 Å². The Hall–Kier alpha value is -10.5. The first kappa shape index (κ1) is 63.1. The van der Waals surface area contributed by atoms with E-state index in [4.69, 9.17) is 64.6 Å². The molecule has 11 rings (SSSR count). The van der Waals surface area contributed by atoms with Crippen molar-refractivity contribution in [2.75, 3.05) is 18.5 Å². The minimum Gasteiger partial charge on any atom is -0.459 e. The number of aromatic nitrogens is 1. The molecular weight excluding hydrogens is 1220 g/mol. The van der Waals surface area contributed by atoms with Crippen molar-refractivity contribution in [1.29, 1.82) is 0 Å². The quantitative estimate of drug-likeness (QED) is 0.0409. The van der Waals surface area contributed by atoms with Crippen molar-refractivity contribution in [2.45, 2.75) is 68.3 Å². The molecular formula is C70H57N3O17S2. The molecule has 0 unspecified atom stereocenters. The largest absolute Gasteiger partial charge is 0.459 e. The highest BCUT2D eigenvalue weighted by atomic mass is 32.1. The summed E-state index contributed by atoms with van der Waals surface area (Å²) in [6, 6.07) is 60.6. The second-order valence-electron chi connectivity index (χ2n) is 20.9. The third-order valence-corrected chi connectivity index (χ3v) is 15.8. The number of nitrogens with zero attached hydrogens (tertiary/aromatic N) is 1. The summed E-state index contributed by atoms with van der Waals surface area (Å²) in [6.07, 6.45) is -18.4. The molecule has 0 spiro atoms. The first-order valence-corrected chi connectivity index (χ1v) is 30.2. The number of benzene rings is 8. The summed E-state index contributed by atoms with van der Waals surface area (Å²) < 4.78 is 65.7. The highest BCUT2D eigenvalue weighted by Gasteiger charge is 2.58. The number of para-hydroxylation sites is 1. The molecule has 10 atom stereocenters. The zero-order valence-electron chi connectivity index (χ0n) is 48.8. The number of esters is 7. The lowest BCUT2D eigenvalue weighted by molar-refractivity contribution is -0.339. The molecule has 466 valence electrons. The van der Waals surface area contributed by atoms with Gasteiger partial charge in [0.2, 0.25) is 0 Å². The molecule has 0 saturated carbocycles. The molecule has 2 aliphatic rings. The number of carbonyl (C=O) groups excluding carboxylic acids is 7. The lowest BCUT2D eigenvalue weighted by Crippen LogP contribution is -2.69. The molecule has 2 N–H and O–H groups in total. The highest BCUT2D eigenvalue weighted by molar-refractivity contribution is 7.80. The standard InChI is InChI=1S/C70H57N3O17S2/c1-42-24-23-39-52-53(42)71-70(92-52)73-69(91)72-60-58(88-66(79)48-35-19-7-20-36-48)56(86-64(77)46-31-15-5-16-32-46)55(50(83-60)40-81-61(74)43-25-9-2-10-26-43)90-68-59(89-67(80)49-37-21-8-22-38-49)57(87-65(78)47-33-17-6-18-34-47)54(85-63(76)45-29-13-4-14-30-45)51(84-68)41-82-62(75)44-27-11-3-12-28-44/h2-39,50-51,54-60,68H,40-41H2,1H3,(H2,71,72,73,91)/t50-,51-,54-,55-,56+,57+,58-,59-,60-,68-/m1/s1. The Morgan fingerprint density at radius 3 is 1.16 bits per heavy atom. The van der Waals surface area contributed by atoms with Crippen LogP contribution in [0.4, 0.5) is 5.13 Å². The van der Waals surface area contributed by atoms with Crippen LogP contribution in [0.5, 0.6) is 0 Å². The van der Waals surface area contributed by atoms with Crippen LogP contribution in [0.25, 0.3) is 10.2 Å². The third kappa shape index (κ3) is 15.6. The van der Waals surface area contributed by atoms with Crippen molar-refractivity contribution in [2.24, 2.45) is 0 Å². The van der Waals surface area contributed by atoms with Crippen LogP contribution in [-0.4, -0.2) is 126 Å². The van der Waals surface area contributed by atoms with Crippen molar-refractivity contribution >= 4 is 85.8 Å². The number of rotatable bonds is 20. The zero-order chi connectivity index (χ0) is 63.9. The molecule has 1 aromatic heterocycles. The van der Waals surface area contributed by atoms with Gasteiger partial charge < -0.3 is 58.0 Å². The van der Waals surface area contributed by atoms with Crippen LogP contribution in [-0.2, 0) is 47.4 Å². The van der Waals surface area contributed by atoms with Crippen LogP contribution in [0.1, 0.15) is 78.1 Å². The molecule has 3 heterocycles.